The molecule has 0 aliphatic heterocycles. The maximum atomic E-state index is 12.2. The highest BCUT2D eigenvalue weighted by Crippen LogP contribution is 2.35. The highest BCUT2D eigenvalue weighted by molar-refractivity contribution is 6.30. The minimum atomic E-state index is -4.04. The third kappa shape index (κ3) is 11.8. The van der Waals surface area contributed by atoms with Crippen molar-refractivity contribution in [3.05, 3.63) is 82.9 Å². The summed E-state index contributed by atoms with van der Waals surface area (Å²) in [6.45, 7) is 4.03. The van der Waals surface area contributed by atoms with Crippen molar-refractivity contribution in [2.45, 2.75) is 90.1 Å². The molecule has 3 nitrogen and oxygen atoms in total. The average Bonchev–Trinajstić information content (AvgIpc) is 2.91. The number of alkyl halides is 3. The predicted molar refractivity (Wildman–Crippen MR) is 160 cm³/mol. The van der Waals surface area contributed by atoms with Crippen LogP contribution in [-0.4, -0.2) is 17.3 Å². The molecular formula is C34H40ClF3O3. The highest BCUT2D eigenvalue weighted by Gasteiger charge is 2.25. The molecule has 1 unspecified atom stereocenters. The van der Waals surface area contributed by atoms with E-state index in [0.29, 0.717) is 34.9 Å². The van der Waals surface area contributed by atoms with Gasteiger partial charge in [-0.25, -0.2) is 0 Å². The SMILES string of the molecule is CC(C)CC(C(=O)O)c1cc(Oc2ccc(Cl)cc2)cc(-c2ccc(CCCCCCCCCC(F)(F)F)cc2)c1. The van der Waals surface area contributed by atoms with Gasteiger partial charge in [0.2, 0.25) is 0 Å². The second kappa shape index (κ2) is 15.9. The van der Waals surface area contributed by atoms with Gasteiger partial charge in [-0.15, -0.1) is 0 Å². The second-order valence-electron chi connectivity index (χ2n) is 11.2. The second-order valence-corrected chi connectivity index (χ2v) is 11.6. The summed E-state index contributed by atoms with van der Waals surface area (Å²) in [4.78, 5) is 12.2. The normalized spacial score (nSPS) is 12.5. The summed E-state index contributed by atoms with van der Waals surface area (Å²) in [7, 11) is 0. The quantitative estimate of drug-likeness (QED) is 0.169. The average molecular weight is 589 g/mol. The van der Waals surface area contributed by atoms with Crippen molar-refractivity contribution in [3.8, 4) is 22.6 Å². The van der Waals surface area contributed by atoms with Gasteiger partial charge in [-0.2, -0.15) is 13.2 Å². The van der Waals surface area contributed by atoms with Crippen molar-refractivity contribution >= 4 is 17.6 Å². The van der Waals surface area contributed by atoms with Crippen molar-refractivity contribution in [1.82, 2.24) is 0 Å². The van der Waals surface area contributed by atoms with Gasteiger partial charge >= 0.3 is 12.1 Å². The summed E-state index contributed by atoms with van der Waals surface area (Å²) in [5.74, 6) is -0.104. The number of aryl methyl sites for hydroxylation is 1. The third-order valence-electron chi connectivity index (χ3n) is 7.10. The van der Waals surface area contributed by atoms with Crippen molar-refractivity contribution < 1.29 is 27.8 Å². The molecule has 7 heteroatoms. The molecule has 0 saturated heterocycles. The predicted octanol–water partition coefficient (Wildman–Crippen LogP) is 11.2. The van der Waals surface area contributed by atoms with E-state index in [1.165, 1.54) is 5.56 Å². The molecule has 0 aliphatic carbocycles. The number of unbranched alkanes of at least 4 members (excludes halogenated alkanes) is 6. The Morgan fingerprint density at radius 1 is 0.805 bits per heavy atom. The van der Waals surface area contributed by atoms with Crippen molar-refractivity contribution in [3.63, 3.8) is 0 Å². The number of benzene rings is 3. The van der Waals surface area contributed by atoms with E-state index in [9.17, 15) is 23.1 Å². The van der Waals surface area contributed by atoms with E-state index < -0.39 is 24.5 Å². The molecular weight excluding hydrogens is 549 g/mol. The summed E-state index contributed by atoms with van der Waals surface area (Å²) in [5, 5.41) is 10.6. The minimum absolute atomic E-state index is 0.217. The summed E-state index contributed by atoms with van der Waals surface area (Å²) >= 11 is 6.01. The van der Waals surface area contributed by atoms with Gasteiger partial charge in [0, 0.05) is 11.4 Å². The number of halogens is 4. The maximum absolute atomic E-state index is 12.2. The molecule has 3 aromatic rings. The topological polar surface area (TPSA) is 46.5 Å². The molecule has 1 atom stereocenters. The molecule has 0 bridgehead atoms. The zero-order valence-electron chi connectivity index (χ0n) is 23.9. The van der Waals surface area contributed by atoms with Crippen LogP contribution in [0.1, 0.15) is 88.7 Å². The maximum Gasteiger partial charge on any atom is 0.389 e. The Bertz CT molecular complexity index is 1220. The molecule has 0 fully saturated rings. The first-order valence-corrected chi connectivity index (χ1v) is 14.9. The van der Waals surface area contributed by atoms with E-state index in [4.69, 9.17) is 16.3 Å². The van der Waals surface area contributed by atoms with Crippen LogP contribution < -0.4 is 4.74 Å². The minimum Gasteiger partial charge on any atom is -0.481 e. The van der Waals surface area contributed by atoms with Crippen LogP contribution in [0.2, 0.25) is 5.02 Å². The number of carbonyl (C=O) groups is 1. The van der Waals surface area contributed by atoms with E-state index >= 15 is 0 Å². The number of aliphatic carboxylic acids is 1. The summed E-state index contributed by atoms with van der Waals surface area (Å²) in [6, 6.07) is 21.0. The Morgan fingerprint density at radius 2 is 1.41 bits per heavy atom. The molecule has 0 radical (unpaired) electrons. The first kappa shape index (κ1) is 32.5. The number of rotatable bonds is 16. The van der Waals surface area contributed by atoms with Crippen LogP contribution in [0.15, 0.2) is 66.7 Å². The zero-order chi connectivity index (χ0) is 29.8. The van der Waals surface area contributed by atoms with Gasteiger partial charge in [-0.1, -0.05) is 87.9 Å². The molecule has 0 aliphatic rings. The van der Waals surface area contributed by atoms with Crippen LogP contribution in [-0.2, 0) is 11.2 Å². The van der Waals surface area contributed by atoms with E-state index in [2.05, 4.69) is 24.3 Å². The number of carboxylic acid groups (broad SMARTS) is 1. The summed E-state index contributed by atoms with van der Waals surface area (Å²) in [6.07, 6.45) is 2.56. The highest BCUT2D eigenvalue weighted by atomic mass is 35.5. The van der Waals surface area contributed by atoms with Crippen molar-refractivity contribution in [1.29, 1.82) is 0 Å². The first-order chi connectivity index (χ1) is 19.5. The Hall–Kier alpha value is -2.99. The smallest absolute Gasteiger partial charge is 0.389 e. The molecule has 1 N–H and O–H groups in total. The standard InChI is InChI=1S/C34H40ClF3O3/c1-24(2)20-32(33(39)40)28-21-27(22-31(23-28)41-30-17-15-29(35)16-18-30)26-13-11-25(12-14-26)10-8-6-4-3-5-7-9-19-34(36,37)38/h11-18,21-24,32H,3-10,19-20H2,1-2H3,(H,39,40). The fourth-order valence-corrected chi connectivity index (χ4v) is 5.07. The Labute approximate surface area is 246 Å². The van der Waals surface area contributed by atoms with Crippen LogP contribution in [0.25, 0.3) is 11.1 Å². The van der Waals surface area contributed by atoms with Gasteiger partial charge in [0.1, 0.15) is 11.5 Å². The number of hydrogen-bond donors (Lipinski definition) is 1. The van der Waals surface area contributed by atoms with Crippen LogP contribution in [0, 0.1) is 5.92 Å². The fourth-order valence-electron chi connectivity index (χ4n) is 4.94. The molecule has 222 valence electrons. The lowest BCUT2D eigenvalue weighted by Gasteiger charge is -2.18. The monoisotopic (exact) mass is 588 g/mol. The molecule has 3 aromatic carbocycles. The van der Waals surface area contributed by atoms with Crippen LogP contribution in [0.3, 0.4) is 0 Å². The van der Waals surface area contributed by atoms with E-state index in [-0.39, 0.29) is 12.3 Å². The lowest BCUT2D eigenvalue weighted by Crippen LogP contribution is -2.14. The van der Waals surface area contributed by atoms with Crippen molar-refractivity contribution in [2.24, 2.45) is 5.92 Å². The Morgan fingerprint density at radius 3 is 2.00 bits per heavy atom. The number of ether oxygens (including phenoxy) is 1. The summed E-state index contributed by atoms with van der Waals surface area (Å²) < 4.78 is 42.8. The largest absolute Gasteiger partial charge is 0.481 e. The Balaban J connectivity index is 1.64. The van der Waals surface area contributed by atoms with Gasteiger partial charge in [0.05, 0.1) is 5.92 Å². The zero-order valence-corrected chi connectivity index (χ0v) is 24.6. The molecule has 0 heterocycles. The molecule has 0 aromatic heterocycles. The summed E-state index contributed by atoms with van der Waals surface area (Å²) in [5.41, 5.74) is 3.79. The van der Waals surface area contributed by atoms with Gasteiger partial charge in [0.15, 0.2) is 0 Å². The number of hydrogen-bond acceptors (Lipinski definition) is 2. The molecule has 0 saturated carbocycles. The van der Waals surface area contributed by atoms with E-state index in [0.717, 1.165) is 49.7 Å². The molecule has 41 heavy (non-hydrogen) atoms. The Kier molecular flexibility index (Phi) is 12.6. The van der Waals surface area contributed by atoms with Crippen LogP contribution >= 0.6 is 11.6 Å². The van der Waals surface area contributed by atoms with Crippen molar-refractivity contribution in [2.75, 3.05) is 0 Å². The fraction of sp³-hybridized carbons (Fsp3) is 0.441. The molecule has 3 rings (SSSR count). The number of carboxylic acids is 1. The van der Waals surface area contributed by atoms with E-state index in [1.807, 2.05) is 32.0 Å². The van der Waals surface area contributed by atoms with Gasteiger partial charge < -0.3 is 9.84 Å². The molecule has 0 amide bonds. The molecule has 0 spiro atoms. The van der Waals surface area contributed by atoms with Gasteiger partial charge in [0.25, 0.3) is 0 Å². The van der Waals surface area contributed by atoms with Crippen LogP contribution in [0.5, 0.6) is 11.5 Å². The first-order valence-electron chi connectivity index (χ1n) is 14.5. The lowest BCUT2D eigenvalue weighted by molar-refractivity contribution is -0.139. The van der Waals surface area contributed by atoms with E-state index in [1.54, 1.807) is 24.3 Å². The van der Waals surface area contributed by atoms with Crippen LogP contribution in [0.4, 0.5) is 13.2 Å². The van der Waals surface area contributed by atoms with Gasteiger partial charge in [-0.05, 0) is 90.3 Å². The van der Waals surface area contributed by atoms with Gasteiger partial charge in [-0.3, -0.25) is 4.79 Å². The third-order valence-corrected chi connectivity index (χ3v) is 7.35. The lowest BCUT2D eigenvalue weighted by atomic mass is 9.88.